The van der Waals surface area contributed by atoms with Crippen molar-refractivity contribution in [3.05, 3.63) is 23.3 Å². The van der Waals surface area contributed by atoms with E-state index in [0.29, 0.717) is 17.9 Å². The second-order valence-corrected chi connectivity index (χ2v) is 3.29. The smallest absolute Gasteiger partial charge is 0.339 e. The van der Waals surface area contributed by atoms with Gasteiger partial charge in [0.25, 0.3) is 0 Å². The third kappa shape index (κ3) is 2.62. The third-order valence-corrected chi connectivity index (χ3v) is 1.97. The highest BCUT2D eigenvalue weighted by atomic mass is 16.5. The standard InChI is InChI=1S/C11H14O4/c1-3-4-15-8-5-7(2)10(11(13)14)9(12)6-8/h5-6,12H,3-4H2,1-2H3,(H,13,14). The number of carbonyl (C=O) groups is 1. The number of aryl methyl sites for hydroxylation is 1. The summed E-state index contributed by atoms with van der Waals surface area (Å²) < 4.78 is 5.30. The zero-order chi connectivity index (χ0) is 11.4. The van der Waals surface area contributed by atoms with Crippen LogP contribution in [0.1, 0.15) is 29.3 Å². The number of rotatable bonds is 4. The number of aromatic carboxylic acids is 1. The lowest BCUT2D eigenvalue weighted by Gasteiger charge is -2.09. The minimum absolute atomic E-state index is 0.0705. The Morgan fingerprint density at radius 3 is 2.60 bits per heavy atom. The van der Waals surface area contributed by atoms with E-state index < -0.39 is 5.97 Å². The molecular weight excluding hydrogens is 196 g/mol. The molecule has 0 bridgehead atoms. The average Bonchev–Trinajstić information content (AvgIpc) is 2.12. The van der Waals surface area contributed by atoms with Crippen LogP contribution in [0, 0.1) is 6.92 Å². The van der Waals surface area contributed by atoms with Gasteiger partial charge in [-0.2, -0.15) is 0 Å². The molecule has 0 aliphatic rings. The van der Waals surface area contributed by atoms with Gasteiger partial charge < -0.3 is 14.9 Å². The van der Waals surface area contributed by atoms with Gasteiger partial charge in [0.2, 0.25) is 0 Å². The third-order valence-electron chi connectivity index (χ3n) is 1.97. The van der Waals surface area contributed by atoms with Crippen LogP contribution < -0.4 is 4.74 Å². The van der Waals surface area contributed by atoms with Crippen molar-refractivity contribution in [3.8, 4) is 11.5 Å². The molecule has 15 heavy (non-hydrogen) atoms. The Kier molecular flexibility index (Phi) is 3.55. The topological polar surface area (TPSA) is 66.8 Å². The van der Waals surface area contributed by atoms with Crippen LogP contribution in [-0.2, 0) is 0 Å². The summed E-state index contributed by atoms with van der Waals surface area (Å²) in [6.07, 6.45) is 0.862. The Morgan fingerprint density at radius 2 is 2.13 bits per heavy atom. The molecule has 0 amide bonds. The van der Waals surface area contributed by atoms with Gasteiger partial charge in [-0.1, -0.05) is 6.92 Å². The number of hydrogen-bond donors (Lipinski definition) is 2. The Balaban J connectivity index is 3.03. The maximum absolute atomic E-state index is 10.8. The lowest BCUT2D eigenvalue weighted by Crippen LogP contribution is -2.02. The van der Waals surface area contributed by atoms with Gasteiger partial charge in [-0.05, 0) is 25.0 Å². The van der Waals surface area contributed by atoms with E-state index >= 15 is 0 Å². The Morgan fingerprint density at radius 1 is 1.47 bits per heavy atom. The first-order chi connectivity index (χ1) is 7.06. The van der Waals surface area contributed by atoms with Crippen molar-refractivity contribution in [2.75, 3.05) is 6.61 Å². The number of carboxylic acid groups (broad SMARTS) is 1. The fourth-order valence-electron chi connectivity index (χ4n) is 1.32. The van der Waals surface area contributed by atoms with Gasteiger partial charge in [0.05, 0.1) is 6.61 Å². The van der Waals surface area contributed by atoms with Crippen LogP contribution in [0.4, 0.5) is 0 Å². The van der Waals surface area contributed by atoms with E-state index in [4.69, 9.17) is 9.84 Å². The van der Waals surface area contributed by atoms with E-state index in [1.165, 1.54) is 6.07 Å². The van der Waals surface area contributed by atoms with E-state index in [0.717, 1.165) is 6.42 Å². The van der Waals surface area contributed by atoms with Crippen LogP contribution in [0.5, 0.6) is 11.5 Å². The molecule has 0 aromatic heterocycles. The molecule has 1 aromatic rings. The van der Waals surface area contributed by atoms with Crippen LogP contribution in [0.3, 0.4) is 0 Å². The van der Waals surface area contributed by atoms with E-state index in [2.05, 4.69) is 0 Å². The second kappa shape index (κ2) is 4.68. The van der Waals surface area contributed by atoms with Crippen LogP contribution in [-0.4, -0.2) is 22.8 Å². The van der Waals surface area contributed by atoms with Crippen molar-refractivity contribution >= 4 is 5.97 Å². The molecule has 0 radical (unpaired) electrons. The minimum atomic E-state index is -1.13. The molecular formula is C11H14O4. The Labute approximate surface area is 88.1 Å². The highest BCUT2D eigenvalue weighted by molar-refractivity contribution is 5.92. The normalized spacial score (nSPS) is 10.0. The molecule has 4 heteroatoms. The maximum atomic E-state index is 10.8. The van der Waals surface area contributed by atoms with Gasteiger partial charge in [0, 0.05) is 6.07 Å². The molecule has 0 unspecified atom stereocenters. The van der Waals surface area contributed by atoms with Crippen molar-refractivity contribution in [1.29, 1.82) is 0 Å². The minimum Gasteiger partial charge on any atom is -0.507 e. The number of carboxylic acids is 1. The van der Waals surface area contributed by atoms with Crippen molar-refractivity contribution in [3.63, 3.8) is 0 Å². The van der Waals surface area contributed by atoms with Crippen molar-refractivity contribution in [2.24, 2.45) is 0 Å². The second-order valence-electron chi connectivity index (χ2n) is 3.29. The molecule has 1 aromatic carbocycles. The molecule has 82 valence electrons. The average molecular weight is 210 g/mol. The predicted molar refractivity (Wildman–Crippen MR) is 55.6 cm³/mol. The summed E-state index contributed by atoms with van der Waals surface area (Å²) in [7, 11) is 0. The molecule has 0 spiro atoms. The molecule has 0 heterocycles. The molecule has 0 saturated heterocycles. The van der Waals surface area contributed by atoms with Gasteiger partial charge >= 0.3 is 5.97 Å². The summed E-state index contributed by atoms with van der Waals surface area (Å²) in [5.74, 6) is -0.891. The quantitative estimate of drug-likeness (QED) is 0.799. The number of ether oxygens (including phenoxy) is 1. The zero-order valence-corrected chi connectivity index (χ0v) is 8.78. The highest BCUT2D eigenvalue weighted by Crippen LogP contribution is 2.27. The first kappa shape index (κ1) is 11.4. The van der Waals surface area contributed by atoms with E-state index in [1.807, 2.05) is 6.92 Å². The van der Waals surface area contributed by atoms with Crippen molar-refractivity contribution in [1.82, 2.24) is 0 Å². The molecule has 0 atom stereocenters. The zero-order valence-electron chi connectivity index (χ0n) is 8.78. The van der Waals surface area contributed by atoms with Crippen LogP contribution >= 0.6 is 0 Å². The molecule has 2 N–H and O–H groups in total. The molecule has 4 nitrogen and oxygen atoms in total. The molecule has 0 fully saturated rings. The largest absolute Gasteiger partial charge is 0.507 e. The summed E-state index contributed by atoms with van der Waals surface area (Å²) in [6.45, 7) is 4.14. The summed E-state index contributed by atoms with van der Waals surface area (Å²) in [5, 5.41) is 18.3. The highest BCUT2D eigenvalue weighted by Gasteiger charge is 2.14. The summed E-state index contributed by atoms with van der Waals surface area (Å²) in [6, 6.07) is 2.94. The van der Waals surface area contributed by atoms with Crippen LogP contribution in [0.25, 0.3) is 0 Å². The number of benzene rings is 1. The van der Waals surface area contributed by atoms with Gasteiger partial charge in [0.15, 0.2) is 0 Å². The van der Waals surface area contributed by atoms with E-state index in [1.54, 1.807) is 13.0 Å². The lowest BCUT2D eigenvalue weighted by atomic mass is 10.1. The molecule has 0 aliphatic carbocycles. The summed E-state index contributed by atoms with van der Waals surface area (Å²) in [4.78, 5) is 10.8. The summed E-state index contributed by atoms with van der Waals surface area (Å²) in [5.41, 5.74) is 0.424. The maximum Gasteiger partial charge on any atom is 0.339 e. The van der Waals surface area contributed by atoms with Gasteiger partial charge in [-0.15, -0.1) is 0 Å². The lowest BCUT2D eigenvalue weighted by molar-refractivity contribution is 0.0693. The van der Waals surface area contributed by atoms with Crippen LogP contribution in [0.2, 0.25) is 0 Å². The molecule has 0 aliphatic heterocycles. The first-order valence-electron chi connectivity index (χ1n) is 4.76. The first-order valence-corrected chi connectivity index (χ1v) is 4.76. The fourth-order valence-corrected chi connectivity index (χ4v) is 1.32. The molecule has 1 rings (SSSR count). The van der Waals surface area contributed by atoms with Crippen LogP contribution in [0.15, 0.2) is 12.1 Å². The number of phenols is 1. The predicted octanol–water partition coefficient (Wildman–Crippen LogP) is 2.19. The van der Waals surface area contributed by atoms with Gasteiger partial charge in [0.1, 0.15) is 17.1 Å². The Hall–Kier alpha value is -1.71. The Bertz CT molecular complexity index is 348. The molecule has 0 saturated carbocycles. The number of hydrogen-bond acceptors (Lipinski definition) is 3. The summed E-state index contributed by atoms with van der Waals surface area (Å²) >= 11 is 0. The van der Waals surface area contributed by atoms with Crippen molar-refractivity contribution < 1.29 is 19.7 Å². The van der Waals surface area contributed by atoms with E-state index in [9.17, 15) is 9.90 Å². The van der Waals surface area contributed by atoms with Gasteiger partial charge in [-0.25, -0.2) is 4.79 Å². The van der Waals surface area contributed by atoms with E-state index in [-0.39, 0.29) is 11.3 Å². The fraction of sp³-hybridized carbons (Fsp3) is 0.364. The monoisotopic (exact) mass is 210 g/mol. The number of aromatic hydroxyl groups is 1. The van der Waals surface area contributed by atoms with Gasteiger partial charge in [-0.3, -0.25) is 0 Å². The van der Waals surface area contributed by atoms with Crippen molar-refractivity contribution in [2.45, 2.75) is 20.3 Å². The SMILES string of the molecule is CCCOc1cc(C)c(C(=O)O)c(O)c1.